The third-order valence-corrected chi connectivity index (χ3v) is 4.21. The molecule has 0 saturated carbocycles. The molecule has 1 unspecified atom stereocenters. The third-order valence-electron chi connectivity index (χ3n) is 4.21. The zero-order valence-electron chi connectivity index (χ0n) is 16.2. The van der Waals surface area contributed by atoms with Crippen molar-refractivity contribution in [3.63, 3.8) is 0 Å². The van der Waals surface area contributed by atoms with Gasteiger partial charge in [0.25, 0.3) is 0 Å². The molecule has 2 rings (SSSR count). The molecule has 144 valence electrons. The van der Waals surface area contributed by atoms with E-state index < -0.39 is 0 Å². The summed E-state index contributed by atoms with van der Waals surface area (Å²) in [4.78, 5) is 4.68. The molecule has 7 heteroatoms. The van der Waals surface area contributed by atoms with Crippen LogP contribution in [0.15, 0.2) is 35.6 Å². The Kier molecular flexibility index (Phi) is 10.2. The van der Waals surface area contributed by atoms with E-state index in [0.29, 0.717) is 6.54 Å². The monoisotopic (exact) mass is 470 g/mol. The second kappa shape index (κ2) is 11.9. The highest BCUT2D eigenvalue weighted by molar-refractivity contribution is 14.0. The number of aromatic nitrogens is 3. The molecule has 0 radical (unpaired) electrons. The van der Waals surface area contributed by atoms with Gasteiger partial charge in [-0.1, -0.05) is 38.1 Å². The van der Waals surface area contributed by atoms with E-state index in [1.165, 1.54) is 11.1 Å². The Hall–Kier alpha value is -1.64. The van der Waals surface area contributed by atoms with Crippen molar-refractivity contribution in [1.82, 2.24) is 25.4 Å². The summed E-state index contributed by atoms with van der Waals surface area (Å²) in [5.41, 5.74) is 2.62. The van der Waals surface area contributed by atoms with Crippen LogP contribution in [0.25, 0.3) is 0 Å². The highest BCUT2D eigenvalue weighted by atomic mass is 127. The van der Waals surface area contributed by atoms with Gasteiger partial charge in [-0.25, -0.2) is 0 Å². The summed E-state index contributed by atoms with van der Waals surface area (Å²) in [6, 6.07) is 8.95. The van der Waals surface area contributed by atoms with Crippen LogP contribution in [0.3, 0.4) is 0 Å². The number of nitrogens with zero attached hydrogens (tertiary/aromatic N) is 4. The molecule has 6 nitrogen and oxygen atoms in total. The fourth-order valence-electron chi connectivity index (χ4n) is 2.66. The largest absolute Gasteiger partial charge is 0.357 e. The summed E-state index contributed by atoms with van der Waals surface area (Å²) >= 11 is 0. The summed E-state index contributed by atoms with van der Waals surface area (Å²) in [5, 5.41) is 14.9. The minimum Gasteiger partial charge on any atom is -0.357 e. The first-order valence-electron chi connectivity index (χ1n) is 9.18. The average Bonchev–Trinajstić information content (AvgIpc) is 3.09. The number of aryl methyl sites for hydroxylation is 2. The molecule has 1 atom stereocenters. The van der Waals surface area contributed by atoms with Crippen molar-refractivity contribution in [2.75, 3.05) is 13.1 Å². The number of aliphatic imine (C=N–C) groups is 1. The minimum atomic E-state index is 0. The van der Waals surface area contributed by atoms with Gasteiger partial charge in [0.15, 0.2) is 5.96 Å². The smallest absolute Gasteiger partial charge is 0.191 e. The molecule has 0 fully saturated rings. The highest BCUT2D eigenvalue weighted by Gasteiger charge is 2.08. The molecule has 1 heterocycles. The van der Waals surface area contributed by atoms with Gasteiger partial charge in [-0.2, -0.15) is 0 Å². The van der Waals surface area contributed by atoms with E-state index in [9.17, 15) is 0 Å². The van der Waals surface area contributed by atoms with Gasteiger partial charge in [0.2, 0.25) is 0 Å². The molecule has 0 aliphatic carbocycles. The van der Waals surface area contributed by atoms with Gasteiger partial charge in [0.05, 0.1) is 12.6 Å². The van der Waals surface area contributed by atoms with Crippen molar-refractivity contribution in [2.45, 2.75) is 53.1 Å². The molecular weight excluding hydrogens is 439 g/mol. The molecule has 26 heavy (non-hydrogen) atoms. The molecule has 0 aliphatic rings. The van der Waals surface area contributed by atoms with Crippen molar-refractivity contribution in [3.8, 4) is 0 Å². The predicted molar refractivity (Wildman–Crippen MR) is 118 cm³/mol. The van der Waals surface area contributed by atoms with Crippen molar-refractivity contribution in [3.05, 3.63) is 47.5 Å². The van der Waals surface area contributed by atoms with Crippen LogP contribution in [0, 0.1) is 0 Å². The molecule has 2 aromatic rings. The maximum absolute atomic E-state index is 4.68. The molecule has 0 aliphatic heterocycles. The lowest BCUT2D eigenvalue weighted by molar-refractivity contribution is 0.649. The molecule has 0 spiro atoms. The minimum absolute atomic E-state index is 0. The number of guanidine groups is 1. The summed E-state index contributed by atoms with van der Waals surface area (Å²) in [6.45, 7) is 10.8. The fraction of sp³-hybridized carbons (Fsp3) is 0.526. The normalized spacial score (nSPS) is 12.4. The average molecular weight is 470 g/mol. The van der Waals surface area contributed by atoms with E-state index in [1.807, 2.05) is 0 Å². The van der Waals surface area contributed by atoms with E-state index in [2.05, 4.69) is 82.4 Å². The number of hydrogen-bond acceptors (Lipinski definition) is 3. The third kappa shape index (κ3) is 6.59. The van der Waals surface area contributed by atoms with Gasteiger partial charge in [0, 0.05) is 19.5 Å². The van der Waals surface area contributed by atoms with Crippen LogP contribution < -0.4 is 10.6 Å². The number of benzene rings is 1. The van der Waals surface area contributed by atoms with Gasteiger partial charge >= 0.3 is 0 Å². The number of nitrogens with one attached hydrogen (secondary N) is 2. The van der Waals surface area contributed by atoms with Crippen LogP contribution in [0.2, 0.25) is 0 Å². The lowest BCUT2D eigenvalue weighted by Gasteiger charge is -2.18. The van der Waals surface area contributed by atoms with Gasteiger partial charge in [-0.3, -0.25) is 4.99 Å². The first-order chi connectivity index (χ1) is 12.2. The predicted octanol–water partition coefficient (Wildman–Crippen LogP) is 3.34. The van der Waals surface area contributed by atoms with Crippen molar-refractivity contribution in [1.29, 1.82) is 0 Å². The zero-order chi connectivity index (χ0) is 18.1. The summed E-state index contributed by atoms with van der Waals surface area (Å²) in [7, 11) is 0. The Balaban J connectivity index is 0.00000338. The molecule has 2 N–H and O–H groups in total. The Morgan fingerprint density at radius 2 is 1.88 bits per heavy atom. The fourth-order valence-corrected chi connectivity index (χ4v) is 2.66. The zero-order valence-corrected chi connectivity index (χ0v) is 18.5. The molecule has 1 aromatic heterocycles. The number of rotatable bonds is 8. The lowest BCUT2D eigenvalue weighted by atomic mass is 10.1. The topological polar surface area (TPSA) is 67.1 Å². The standard InChI is InChI=1S/C19H30N6.HI/c1-5-16-8-10-17(11-9-16)15(4)23-19(20-7-3)21-12-13-25-14-22-24-18(25)6-2;/h8-11,14-15H,5-7,12-13H2,1-4H3,(H2,20,21,23);1H. The van der Waals surface area contributed by atoms with Gasteiger partial charge in [-0.15, -0.1) is 34.2 Å². The van der Waals surface area contributed by atoms with Crippen molar-refractivity contribution >= 4 is 29.9 Å². The van der Waals surface area contributed by atoms with Crippen LogP contribution >= 0.6 is 24.0 Å². The van der Waals surface area contributed by atoms with E-state index in [-0.39, 0.29) is 30.0 Å². The summed E-state index contributed by atoms with van der Waals surface area (Å²) in [5.74, 6) is 1.83. The second-order valence-electron chi connectivity index (χ2n) is 6.02. The van der Waals surface area contributed by atoms with Crippen molar-refractivity contribution < 1.29 is 0 Å². The molecule has 0 bridgehead atoms. The Morgan fingerprint density at radius 1 is 1.15 bits per heavy atom. The van der Waals surface area contributed by atoms with Crippen molar-refractivity contribution in [2.24, 2.45) is 4.99 Å². The molecule has 0 saturated heterocycles. The summed E-state index contributed by atoms with van der Waals surface area (Å²) in [6.07, 6.45) is 3.72. The molecular formula is C19H31IN6. The number of hydrogen-bond donors (Lipinski definition) is 2. The second-order valence-corrected chi connectivity index (χ2v) is 6.02. The molecule has 0 amide bonds. The Bertz CT molecular complexity index is 665. The SMILES string of the molecule is CCNC(=NCCn1cnnc1CC)NC(C)c1ccc(CC)cc1.I. The molecule has 1 aromatic carbocycles. The Morgan fingerprint density at radius 3 is 2.50 bits per heavy atom. The van der Waals surface area contributed by atoms with E-state index in [1.54, 1.807) is 6.33 Å². The maximum Gasteiger partial charge on any atom is 0.191 e. The number of halogens is 1. The quantitative estimate of drug-likeness (QED) is 0.353. The van der Waals surface area contributed by atoms with Gasteiger partial charge in [0.1, 0.15) is 12.2 Å². The van der Waals surface area contributed by atoms with E-state index in [4.69, 9.17) is 0 Å². The van der Waals surface area contributed by atoms with E-state index in [0.717, 1.165) is 37.7 Å². The van der Waals surface area contributed by atoms with Crippen LogP contribution in [0.1, 0.15) is 50.7 Å². The van der Waals surface area contributed by atoms with Crippen LogP contribution in [-0.4, -0.2) is 33.8 Å². The maximum atomic E-state index is 4.68. The van der Waals surface area contributed by atoms with Gasteiger partial charge in [-0.05, 0) is 31.4 Å². The Labute approximate surface area is 173 Å². The summed E-state index contributed by atoms with van der Waals surface area (Å²) < 4.78 is 2.06. The van der Waals surface area contributed by atoms with Crippen LogP contribution in [-0.2, 0) is 19.4 Å². The van der Waals surface area contributed by atoms with Crippen LogP contribution in [0.5, 0.6) is 0 Å². The highest BCUT2D eigenvalue weighted by Crippen LogP contribution is 2.13. The first kappa shape index (κ1) is 22.4. The van der Waals surface area contributed by atoms with Gasteiger partial charge < -0.3 is 15.2 Å². The van der Waals surface area contributed by atoms with E-state index >= 15 is 0 Å². The first-order valence-corrected chi connectivity index (χ1v) is 9.18. The van der Waals surface area contributed by atoms with Crippen LogP contribution in [0.4, 0.5) is 0 Å². The lowest BCUT2D eigenvalue weighted by Crippen LogP contribution is -2.39.